The molecule has 4 rings (SSSR count). The van der Waals surface area contributed by atoms with E-state index in [4.69, 9.17) is 9.47 Å². The van der Waals surface area contributed by atoms with Crippen molar-refractivity contribution in [2.75, 3.05) is 63.8 Å². The lowest BCUT2D eigenvalue weighted by Crippen LogP contribution is -2.51. The number of para-hydroxylation sites is 1. The third-order valence-corrected chi connectivity index (χ3v) is 6.48. The van der Waals surface area contributed by atoms with Gasteiger partial charge in [0.05, 0.1) is 25.5 Å². The molecule has 1 amide bonds. The number of carbonyl (C=O) groups is 1. The molecule has 1 aliphatic heterocycles. The fourth-order valence-electron chi connectivity index (χ4n) is 3.63. The first-order valence-corrected chi connectivity index (χ1v) is 10.7. The predicted molar refractivity (Wildman–Crippen MR) is 121 cm³/mol. The Balaban J connectivity index is 1.36. The van der Waals surface area contributed by atoms with E-state index in [0.717, 1.165) is 45.6 Å². The van der Waals surface area contributed by atoms with Crippen molar-refractivity contribution in [2.24, 2.45) is 0 Å². The molecule has 0 spiro atoms. The number of fused-ring (bicyclic) bond motifs is 1. The highest BCUT2D eigenvalue weighted by Crippen LogP contribution is 2.33. The molecular formula is C22H26N4O3S. The number of methoxy groups -OCH3 is 2. The van der Waals surface area contributed by atoms with Gasteiger partial charge in [0.1, 0.15) is 17.0 Å². The Labute approximate surface area is 180 Å². The van der Waals surface area contributed by atoms with Gasteiger partial charge >= 0.3 is 0 Å². The molecular weight excluding hydrogens is 400 g/mol. The average Bonchev–Trinajstić information content (AvgIpc) is 3.24. The number of carbonyl (C=O) groups excluding carboxylic acids is 1. The quantitative estimate of drug-likeness (QED) is 0.604. The number of aromatic nitrogens is 1. The number of hydrogen-bond acceptors (Lipinski definition) is 7. The van der Waals surface area contributed by atoms with Gasteiger partial charge in [0.2, 0.25) is 5.91 Å². The molecule has 1 aliphatic rings. The van der Waals surface area contributed by atoms with Crippen LogP contribution in [0.1, 0.15) is 0 Å². The summed E-state index contributed by atoms with van der Waals surface area (Å²) in [4.78, 5) is 23.7. The maximum Gasteiger partial charge on any atom is 0.242 e. The first-order valence-electron chi connectivity index (χ1n) is 9.90. The highest BCUT2D eigenvalue weighted by molar-refractivity contribution is 7.22. The summed E-state index contributed by atoms with van der Waals surface area (Å²) in [5, 5.41) is 0.817. The Morgan fingerprint density at radius 1 is 1.10 bits per heavy atom. The van der Waals surface area contributed by atoms with Crippen molar-refractivity contribution in [3.8, 4) is 11.5 Å². The molecule has 0 unspecified atom stereocenters. The van der Waals surface area contributed by atoms with Crippen LogP contribution < -0.4 is 19.3 Å². The molecule has 1 aromatic heterocycles. The van der Waals surface area contributed by atoms with E-state index in [0.29, 0.717) is 19.6 Å². The maximum absolute atomic E-state index is 12.9. The van der Waals surface area contributed by atoms with Gasteiger partial charge in [-0.05, 0) is 24.3 Å². The molecule has 2 heterocycles. The van der Waals surface area contributed by atoms with Gasteiger partial charge < -0.3 is 24.2 Å². The molecule has 0 bridgehead atoms. The van der Waals surface area contributed by atoms with Gasteiger partial charge in [0, 0.05) is 45.0 Å². The second-order valence-electron chi connectivity index (χ2n) is 7.23. The first kappa shape index (κ1) is 20.3. The van der Waals surface area contributed by atoms with E-state index in [-0.39, 0.29) is 5.91 Å². The van der Waals surface area contributed by atoms with Gasteiger partial charge in [-0.25, -0.2) is 4.98 Å². The topological polar surface area (TPSA) is 58.1 Å². The average molecular weight is 427 g/mol. The van der Waals surface area contributed by atoms with Crippen molar-refractivity contribution in [1.29, 1.82) is 0 Å². The summed E-state index contributed by atoms with van der Waals surface area (Å²) in [6.45, 7) is 3.33. The van der Waals surface area contributed by atoms with Crippen LogP contribution in [0.3, 0.4) is 0 Å². The molecule has 3 aromatic rings. The molecule has 158 valence electrons. The van der Waals surface area contributed by atoms with Crippen molar-refractivity contribution in [3.63, 3.8) is 0 Å². The van der Waals surface area contributed by atoms with Crippen LogP contribution in [0, 0.1) is 0 Å². The van der Waals surface area contributed by atoms with Crippen molar-refractivity contribution in [1.82, 2.24) is 9.88 Å². The van der Waals surface area contributed by atoms with Crippen molar-refractivity contribution in [2.45, 2.75) is 0 Å². The highest BCUT2D eigenvalue weighted by Gasteiger charge is 2.23. The number of likely N-dealkylation sites (N-methyl/N-ethyl adjacent to an activating group) is 1. The zero-order chi connectivity index (χ0) is 21.1. The van der Waals surface area contributed by atoms with Crippen molar-refractivity contribution >= 4 is 38.3 Å². The third-order valence-electron chi connectivity index (χ3n) is 5.34. The van der Waals surface area contributed by atoms with E-state index in [9.17, 15) is 4.79 Å². The molecule has 8 heteroatoms. The van der Waals surface area contributed by atoms with E-state index in [2.05, 4.69) is 16.0 Å². The fourth-order valence-corrected chi connectivity index (χ4v) is 4.57. The summed E-state index contributed by atoms with van der Waals surface area (Å²) < 4.78 is 11.8. The largest absolute Gasteiger partial charge is 0.497 e. The van der Waals surface area contributed by atoms with E-state index in [1.165, 1.54) is 0 Å². The van der Waals surface area contributed by atoms with Gasteiger partial charge in [-0.3, -0.25) is 4.79 Å². The Morgan fingerprint density at radius 2 is 1.87 bits per heavy atom. The number of piperazine rings is 1. The van der Waals surface area contributed by atoms with Crippen LogP contribution in [0.4, 0.5) is 10.8 Å². The summed E-state index contributed by atoms with van der Waals surface area (Å²) in [5.41, 5.74) is 1.97. The normalized spacial score (nSPS) is 14.1. The number of thiazole rings is 1. The Morgan fingerprint density at radius 3 is 2.60 bits per heavy atom. The molecule has 1 saturated heterocycles. The second kappa shape index (κ2) is 8.79. The van der Waals surface area contributed by atoms with E-state index >= 15 is 0 Å². The van der Waals surface area contributed by atoms with Gasteiger partial charge in [-0.1, -0.05) is 23.5 Å². The summed E-state index contributed by atoms with van der Waals surface area (Å²) >= 11 is 1.57. The van der Waals surface area contributed by atoms with Crippen LogP contribution in [0.5, 0.6) is 11.5 Å². The van der Waals surface area contributed by atoms with E-state index < -0.39 is 0 Å². The van der Waals surface area contributed by atoms with Gasteiger partial charge in [0.15, 0.2) is 5.13 Å². The van der Waals surface area contributed by atoms with Crippen LogP contribution >= 0.6 is 11.3 Å². The molecule has 30 heavy (non-hydrogen) atoms. The van der Waals surface area contributed by atoms with Crippen molar-refractivity contribution in [3.05, 3.63) is 42.5 Å². The molecule has 0 atom stereocenters. The molecule has 2 aromatic carbocycles. The van der Waals surface area contributed by atoms with Gasteiger partial charge in [0.25, 0.3) is 0 Å². The zero-order valence-electron chi connectivity index (χ0n) is 17.5. The molecule has 0 aliphatic carbocycles. The van der Waals surface area contributed by atoms with Crippen molar-refractivity contribution < 1.29 is 14.3 Å². The minimum Gasteiger partial charge on any atom is -0.497 e. The van der Waals surface area contributed by atoms with Crippen LogP contribution in [-0.2, 0) is 4.79 Å². The minimum atomic E-state index is 0.119. The fraction of sp³-hybridized carbons (Fsp3) is 0.364. The lowest BCUT2D eigenvalue weighted by atomic mass is 10.2. The molecule has 0 radical (unpaired) electrons. The Hall–Kier alpha value is -3.00. The smallest absolute Gasteiger partial charge is 0.242 e. The number of hydrogen-bond donors (Lipinski definition) is 0. The predicted octanol–water partition coefficient (Wildman–Crippen LogP) is 3.10. The van der Waals surface area contributed by atoms with E-state index in [1.54, 1.807) is 25.6 Å². The SMILES string of the molecule is COc1cccc(N2CCN(C(=O)CN(C)c3nc4c(OC)cccc4s3)CC2)c1. The number of rotatable bonds is 6. The molecule has 1 fully saturated rings. The Kier molecular flexibility index (Phi) is 5.94. The minimum absolute atomic E-state index is 0.119. The molecule has 0 saturated carbocycles. The maximum atomic E-state index is 12.9. The number of amides is 1. The van der Waals surface area contributed by atoms with Gasteiger partial charge in [-0.2, -0.15) is 0 Å². The monoisotopic (exact) mass is 426 g/mol. The number of nitrogens with zero attached hydrogens (tertiary/aromatic N) is 4. The van der Waals surface area contributed by atoms with Gasteiger partial charge in [-0.15, -0.1) is 0 Å². The molecule has 7 nitrogen and oxygen atoms in total. The summed E-state index contributed by atoms with van der Waals surface area (Å²) in [6, 6.07) is 13.9. The number of benzene rings is 2. The first-order chi connectivity index (χ1) is 14.6. The number of anilines is 2. The zero-order valence-corrected chi connectivity index (χ0v) is 18.3. The van der Waals surface area contributed by atoms with E-state index in [1.807, 2.05) is 53.2 Å². The number of ether oxygens (including phenoxy) is 2. The lowest BCUT2D eigenvalue weighted by Gasteiger charge is -2.36. The highest BCUT2D eigenvalue weighted by atomic mass is 32.1. The van der Waals surface area contributed by atoms with Crippen LogP contribution in [0.2, 0.25) is 0 Å². The van der Waals surface area contributed by atoms with Crippen LogP contribution in [0.15, 0.2) is 42.5 Å². The summed E-state index contributed by atoms with van der Waals surface area (Å²) in [6.07, 6.45) is 0. The molecule has 0 N–H and O–H groups in total. The van der Waals surface area contributed by atoms with Crippen LogP contribution in [-0.4, -0.2) is 69.8 Å². The second-order valence-corrected chi connectivity index (χ2v) is 8.24. The third kappa shape index (κ3) is 4.14. The summed E-state index contributed by atoms with van der Waals surface area (Å²) in [7, 11) is 5.23. The van der Waals surface area contributed by atoms with Crippen LogP contribution in [0.25, 0.3) is 10.2 Å². The summed E-state index contributed by atoms with van der Waals surface area (Å²) in [5.74, 6) is 1.72. The lowest BCUT2D eigenvalue weighted by molar-refractivity contribution is -0.129. The standard InChI is InChI=1S/C22H26N4O3S/c1-24(22-23-21-18(29-3)8-5-9-19(21)30-22)15-20(27)26-12-10-25(11-13-26)16-6-4-7-17(14-16)28-2/h4-9,14H,10-13,15H2,1-3H3. The Bertz CT molecular complexity index is 1030.